The minimum absolute atomic E-state index is 0.421. The first-order valence-corrected chi connectivity index (χ1v) is 6.73. The average molecular weight is 277 g/mol. The Labute approximate surface area is 119 Å². The topological polar surface area (TPSA) is 29.5 Å². The first-order valence-electron chi connectivity index (χ1n) is 5.96. The number of benzene rings is 1. The van der Waals surface area contributed by atoms with E-state index in [4.69, 9.17) is 4.74 Å². The van der Waals surface area contributed by atoms with E-state index < -0.39 is 11.7 Å². The van der Waals surface area contributed by atoms with Gasteiger partial charge in [0, 0.05) is 4.90 Å². The molecule has 0 heterocycles. The molecule has 3 nitrogen and oxygen atoms in total. The smallest absolute Gasteiger partial charge is 0.425 e. The van der Waals surface area contributed by atoms with Crippen molar-refractivity contribution in [2.24, 2.45) is 0 Å². The predicted molar refractivity (Wildman–Crippen MR) is 78.7 cm³/mol. The van der Waals surface area contributed by atoms with Crippen molar-refractivity contribution in [3.63, 3.8) is 0 Å². The van der Waals surface area contributed by atoms with Gasteiger partial charge in [0.05, 0.1) is 5.70 Å². The second-order valence-corrected chi connectivity index (χ2v) is 5.96. The lowest BCUT2D eigenvalue weighted by molar-refractivity contribution is 0.0442. The van der Waals surface area contributed by atoms with E-state index in [1.807, 2.05) is 51.1 Å². The maximum absolute atomic E-state index is 12.2. The summed E-state index contributed by atoms with van der Waals surface area (Å²) in [5.41, 5.74) is 2.80. The maximum atomic E-state index is 12.2. The van der Waals surface area contributed by atoms with Crippen LogP contribution in [0.4, 0.5) is 4.79 Å². The fraction of sp³-hybridized carbons (Fsp3) is 0.333. The van der Waals surface area contributed by atoms with Crippen LogP contribution < -0.4 is 0 Å². The first-order chi connectivity index (χ1) is 8.83. The summed E-state index contributed by atoms with van der Waals surface area (Å²) in [4.78, 5) is 13.1. The summed E-state index contributed by atoms with van der Waals surface area (Å²) < 4.78 is 6.82. The van der Waals surface area contributed by atoms with Crippen LogP contribution in [0.15, 0.2) is 53.2 Å². The lowest BCUT2D eigenvalue weighted by atomic mass is 10.2. The zero-order valence-electron chi connectivity index (χ0n) is 11.8. The Balaban J connectivity index is 2.90. The van der Waals surface area contributed by atoms with Gasteiger partial charge in [-0.25, -0.2) is 9.10 Å². The molecule has 0 aromatic heterocycles. The van der Waals surface area contributed by atoms with Crippen molar-refractivity contribution < 1.29 is 9.53 Å². The van der Waals surface area contributed by atoms with Crippen LogP contribution in [0.5, 0.6) is 0 Å². The number of hydrogen-bond donors (Lipinski definition) is 0. The molecular weight excluding hydrogens is 258 g/mol. The molecule has 1 rings (SSSR count). The van der Waals surface area contributed by atoms with Crippen molar-refractivity contribution >= 4 is 18.0 Å². The number of amides is 1. The Kier molecular flexibility index (Phi) is 5.28. The van der Waals surface area contributed by atoms with Crippen LogP contribution in [-0.4, -0.2) is 16.0 Å². The Morgan fingerprint density at radius 2 is 1.89 bits per heavy atom. The molecule has 4 heteroatoms. The molecule has 0 radical (unpaired) electrons. The fourth-order valence-electron chi connectivity index (χ4n) is 1.20. The largest absolute Gasteiger partial charge is 0.443 e. The third-order valence-electron chi connectivity index (χ3n) is 2.06. The molecule has 1 aromatic rings. The van der Waals surface area contributed by atoms with Crippen molar-refractivity contribution in [1.82, 2.24) is 4.31 Å². The number of carbonyl (C=O) groups is 1. The minimum Gasteiger partial charge on any atom is -0.443 e. The SMILES string of the molecule is C=C=C(C)N(Sc1ccccc1)C(=O)OC(C)(C)C. The predicted octanol–water partition coefficient (Wildman–Crippen LogP) is 4.62. The van der Waals surface area contributed by atoms with Gasteiger partial charge in [-0.05, 0) is 51.8 Å². The van der Waals surface area contributed by atoms with Gasteiger partial charge in [0.15, 0.2) is 0 Å². The van der Waals surface area contributed by atoms with Crippen molar-refractivity contribution in [2.75, 3.05) is 0 Å². The molecule has 0 saturated carbocycles. The number of rotatable bonds is 3. The zero-order valence-corrected chi connectivity index (χ0v) is 12.6. The summed E-state index contributed by atoms with van der Waals surface area (Å²) in [6.07, 6.45) is -0.421. The molecule has 0 aliphatic heterocycles. The number of carbonyl (C=O) groups excluding carboxylic acids is 1. The maximum Gasteiger partial charge on any atom is 0.425 e. The van der Waals surface area contributed by atoms with E-state index >= 15 is 0 Å². The van der Waals surface area contributed by atoms with Crippen molar-refractivity contribution in [1.29, 1.82) is 0 Å². The number of ether oxygens (including phenoxy) is 1. The van der Waals surface area contributed by atoms with Gasteiger partial charge in [-0.3, -0.25) is 0 Å². The summed E-state index contributed by atoms with van der Waals surface area (Å²) in [7, 11) is 0. The molecule has 0 spiro atoms. The molecule has 0 aliphatic carbocycles. The third kappa shape index (κ3) is 5.25. The van der Waals surface area contributed by atoms with Crippen LogP contribution in [-0.2, 0) is 4.74 Å². The van der Waals surface area contributed by atoms with Crippen LogP contribution in [0, 0.1) is 0 Å². The second kappa shape index (κ2) is 6.50. The van der Waals surface area contributed by atoms with E-state index in [2.05, 4.69) is 12.3 Å². The fourth-order valence-corrected chi connectivity index (χ4v) is 2.01. The average Bonchev–Trinajstić information content (AvgIpc) is 2.34. The summed E-state index contributed by atoms with van der Waals surface area (Å²) in [6, 6.07) is 9.63. The molecule has 102 valence electrons. The second-order valence-electron chi connectivity index (χ2n) is 4.94. The van der Waals surface area contributed by atoms with Crippen LogP contribution in [0.2, 0.25) is 0 Å². The third-order valence-corrected chi connectivity index (χ3v) is 3.15. The number of hydrogen-bond acceptors (Lipinski definition) is 3. The highest BCUT2D eigenvalue weighted by Crippen LogP contribution is 2.28. The first kappa shape index (κ1) is 15.4. The van der Waals surface area contributed by atoms with Gasteiger partial charge < -0.3 is 4.74 Å². The normalized spacial score (nSPS) is 10.5. The van der Waals surface area contributed by atoms with Gasteiger partial charge in [0.1, 0.15) is 5.60 Å². The molecule has 0 fully saturated rings. The molecule has 1 aromatic carbocycles. The summed E-state index contributed by atoms with van der Waals surface area (Å²) in [5, 5.41) is 0. The van der Waals surface area contributed by atoms with Crippen LogP contribution >= 0.6 is 11.9 Å². The molecule has 0 bridgehead atoms. The number of nitrogens with zero attached hydrogens (tertiary/aromatic N) is 1. The van der Waals surface area contributed by atoms with E-state index in [0.717, 1.165) is 4.90 Å². The quantitative estimate of drug-likeness (QED) is 0.596. The molecule has 19 heavy (non-hydrogen) atoms. The van der Waals surface area contributed by atoms with Gasteiger partial charge in [-0.2, -0.15) is 0 Å². The Morgan fingerprint density at radius 1 is 1.32 bits per heavy atom. The monoisotopic (exact) mass is 277 g/mol. The molecule has 0 atom stereocenters. The Bertz CT molecular complexity index is 485. The molecule has 0 N–H and O–H groups in total. The highest BCUT2D eigenvalue weighted by molar-refractivity contribution is 7.97. The lowest BCUT2D eigenvalue weighted by Crippen LogP contribution is -2.31. The van der Waals surface area contributed by atoms with E-state index in [1.165, 1.54) is 16.3 Å². The van der Waals surface area contributed by atoms with E-state index in [9.17, 15) is 4.79 Å². The highest BCUT2D eigenvalue weighted by Gasteiger charge is 2.24. The van der Waals surface area contributed by atoms with Crippen LogP contribution in [0.25, 0.3) is 0 Å². The summed E-state index contributed by atoms with van der Waals surface area (Å²) in [5.74, 6) is 0. The van der Waals surface area contributed by atoms with Gasteiger partial charge in [0.25, 0.3) is 0 Å². The zero-order chi connectivity index (χ0) is 14.5. The highest BCUT2D eigenvalue weighted by atomic mass is 32.2. The molecule has 0 aliphatic rings. The van der Waals surface area contributed by atoms with Crippen molar-refractivity contribution in [3.8, 4) is 0 Å². The Morgan fingerprint density at radius 3 is 2.37 bits per heavy atom. The number of allylic oxidation sites excluding steroid dienone is 1. The van der Waals surface area contributed by atoms with Gasteiger partial charge >= 0.3 is 6.09 Å². The lowest BCUT2D eigenvalue weighted by Gasteiger charge is -2.26. The molecule has 0 unspecified atom stereocenters. The van der Waals surface area contributed by atoms with Crippen LogP contribution in [0.1, 0.15) is 27.7 Å². The Hall–Kier alpha value is -1.64. The van der Waals surface area contributed by atoms with Crippen molar-refractivity contribution in [2.45, 2.75) is 38.2 Å². The van der Waals surface area contributed by atoms with E-state index in [-0.39, 0.29) is 0 Å². The minimum atomic E-state index is -0.534. The molecular formula is C15H19NO2S. The van der Waals surface area contributed by atoms with Gasteiger partial charge in [-0.1, -0.05) is 24.8 Å². The summed E-state index contributed by atoms with van der Waals surface area (Å²) >= 11 is 1.29. The molecule has 1 amide bonds. The van der Waals surface area contributed by atoms with Gasteiger partial charge in [0.2, 0.25) is 0 Å². The standard InChI is InChI=1S/C15H19NO2S/c1-6-12(2)16(14(17)18-15(3,4)5)19-13-10-8-7-9-11-13/h7-11H,1H2,2-5H3. The van der Waals surface area contributed by atoms with Crippen molar-refractivity contribution in [3.05, 3.63) is 48.3 Å². The van der Waals surface area contributed by atoms with Gasteiger partial charge in [-0.15, -0.1) is 5.73 Å². The summed E-state index contributed by atoms with van der Waals surface area (Å²) in [6.45, 7) is 10.9. The molecule has 0 saturated heterocycles. The van der Waals surface area contributed by atoms with E-state index in [1.54, 1.807) is 6.92 Å². The van der Waals surface area contributed by atoms with E-state index in [0.29, 0.717) is 5.70 Å². The van der Waals surface area contributed by atoms with Crippen LogP contribution in [0.3, 0.4) is 0 Å².